The van der Waals surface area contributed by atoms with Crippen LogP contribution in [0.4, 0.5) is 0 Å². The topological polar surface area (TPSA) is 32.7 Å². The van der Waals surface area contributed by atoms with E-state index >= 15 is 0 Å². The summed E-state index contributed by atoms with van der Waals surface area (Å²) in [5.74, 6) is 0.995. The van der Waals surface area contributed by atoms with Gasteiger partial charge in [0.25, 0.3) is 0 Å². The summed E-state index contributed by atoms with van der Waals surface area (Å²) in [4.78, 5) is 2.30. The molecule has 1 aliphatic heterocycles. The molecule has 2 rings (SSSR count). The molecule has 1 aromatic carbocycles. The molecule has 0 unspecified atom stereocenters. The lowest BCUT2D eigenvalue weighted by Crippen LogP contribution is -2.51. The Morgan fingerprint density at radius 3 is 2.80 bits per heavy atom. The average molecular weight is 342 g/mol. The number of benzene rings is 1. The van der Waals surface area contributed by atoms with Crippen molar-refractivity contribution in [2.24, 2.45) is 5.92 Å². The lowest BCUT2D eigenvalue weighted by atomic mass is 9.74. The van der Waals surface area contributed by atoms with E-state index in [1.165, 1.54) is 0 Å². The van der Waals surface area contributed by atoms with Crippen molar-refractivity contribution in [2.75, 3.05) is 20.2 Å². The largest absolute Gasteiger partial charge is 0.494 e. The fraction of sp³-hybridized carbons (Fsp3) is 0.625. The maximum atomic E-state index is 11.3. The van der Waals surface area contributed by atoms with E-state index in [1.54, 1.807) is 0 Å². The van der Waals surface area contributed by atoms with E-state index < -0.39 is 5.60 Å². The van der Waals surface area contributed by atoms with E-state index in [0.717, 1.165) is 28.8 Å². The second kappa shape index (κ2) is 6.04. The van der Waals surface area contributed by atoms with Gasteiger partial charge in [-0.25, -0.2) is 0 Å². The first-order valence-corrected chi connectivity index (χ1v) is 8.03. The SMILES string of the molecule is CCOc1ccc(Br)c([C@]2(O)C[C@H](C)N(C)C[C@@H]2C)c1. The highest BCUT2D eigenvalue weighted by molar-refractivity contribution is 9.10. The number of rotatable bonds is 3. The first-order chi connectivity index (χ1) is 9.38. The molecule has 0 amide bonds. The van der Waals surface area contributed by atoms with Crippen LogP contribution in [-0.2, 0) is 5.60 Å². The van der Waals surface area contributed by atoms with Crippen LogP contribution < -0.4 is 4.74 Å². The zero-order valence-electron chi connectivity index (χ0n) is 12.7. The van der Waals surface area contributed by atoms with Gasteiger partial charge in [0.1, 0.15) is 5.75 Å². The Kier molecular flexibility index (Phi) is 4.77. The minimum atomic E-state index is -0.808. The van der Waals surface area contributed by atoms with Crippen molar-refractivity contribution >= 4 is 15.9 Å². The lowest BCUT2D eigenvalue weighted by molar-refractivity contribution is -0.0849. The lowest BCUT2D eigenvalue weighted by Gasteiger charge is -2.46. The fourth-order valence-corrected chi connectivity index (χ4v) is 3.63. The number of halogens is 1. The van der Waals surface area contributed by atoms with Crippen LogP contribution in [0.15, 0.2) is 22.7 Å². The zero-order chi connectivity index (χ0) is 14.9. The molecule has 3 nitrogen and oxygen atoms in total. The molecule has 1 aliphatic rings. The predicted molar refractivity (Wildman–Crippen MR) is 85.1 cm³/mol. The van der Waals surface area contributed by atoms with Gasteiger partial charge in [0.05, 0.1) is 12.2 Å². The Balaban J connectivity index is 2.40. The van der Waals surface area contributed by atoms with Gasteiger partial charge >= 0.3 is 0 Å². The summed E-state index contributed by atoms with van der Waals surface area (Å²) in [6, 6.07) is 6.23. The normalized spacial score (nSPS) is 31.3. The van der Waals surface area contributed by atoms with Crippen molar-refractivity contribution in [3.63, 3.8) is 0 Å². The van der Waals surface area contributed by atoms with E-state index in [2.05, 4.69) is 41.7 Å². The van der Waals surface area contributed by atoms with Gasteiger partial charge in [0, 0.05) is 28.5 Å². The number of hydrogen-bond donors (Lipinski definition) is 1. The summed E-state index contributed by atoms with van der Waals surface area (Å²) in [7, 11) is 2.12. The van der Waals surface area contributed by atoms with Crippen LogP contribution in [0.5, 0.6) is 5.75 Å². The molecule has 1 heterocycles. The number of piperidine rings is 1. The molecular weight excluding hydrogens is 318 g/mol. The van der Waals surface area contributed by atoms with E-state index in [1.807, 2.05) is 25.1 Å². The fourth-order valence-electron chi connectivity index (χ4n) is 3.04. The van der Waals surface area contributed by atoms with E-state index in [-0.39, 0.29) is 5.92 Å². The van der Waals surface area contributed by atoms with Crippen molar-refractivity contribution in [1.82, 2.24) is 4.90 Å². The smallest absolute Gasteiger partial charge is 0.119 e. The number of likely N-dealkylation sites (tertiary alicyclic amines) is 1. The highest BCUT2D eigenvalue weighted by Crippen LogP contribution is 2.43. The molecule has 0 aliphatic carbocycles. The quantitative estimate of drug-likeness (QED) is 0.914. The van der Waals surface area contributed by atoms with E-state index in [0.29, 0.717) is 12.6 Å². The van der Waals surface area contributed by atoms with Crippen molar-refractivity contribution < 1.29 is 9.84 Å². The number of aliphatic hydroxyl groups is 1. The molecule has 1 saturated heterocycles. The third-order valence-corrected chi connectivity index (χ3v) is 5.14. The Morgan fingerprint density at radius 2 is 2.15 bits per heavy atom. The molecule has 1 aromatic rings. The molecule has 0 spiro atoms. The summed E-state index contributed by atoms with van der Waals surface area (Å²) in [6.45, 7) is 7.77. The maximum Gasteiger partial charge on any atom is 0.119 e. The summed E-state index contributed by atoms with van der Waals surface area (Å²) >= 11 is 3.59. The Bertz CT molecular complexity index is 480. The van der Waals surface area contributed by atoms with Crippen molar-refractivity contribution in [1.29, 1.82) is 0 Å². The van der Waals surface area contributed by atoms with Crippen LogP contribution in [0.25, 0.3) is 0 Å². The summed E-state index contributed by atoms with van der Waals surface area (Å²) in [6.07, 6.45) is 0.735. The molecule has 20 heavy (non-hydrogen) atoms. The Hall–Kier alpha value is -0.580. The monoisotopic (exact) mass is 341 g/mol. The molecular formula is C16H24BrNO2. The van der Waals surface area contributed by atoms with Gasteiger partial charge in [-0.2, -0.15) is 0 Å². The summed E-state index contributed by atoms with van der Waals surface area (Å²) in [5.41, 5.74) is 0.133. The van der Waals surface area contributed by atoms with Crippen molar-refractivity contribution in [3.05, 3.63) is 28.2 Å². The second-order valence-corrected chi connectivity index (χ2v) is 6.75. The van der Waals surface area contributed by atoms with E-state index in [9.17, 15) is 5.11 Å². The highest BCUT2D eigenvalue weighted by Gasteiger charge is 2.43. The van der Waals surface area contributed by atoms with Gasteiger partial charge < -0.3 is 14.7 Å². The minimum absolute atomic E-state index is 0.178. The third kappa shape index (κ3) is 2.87. The Morgan fingerprint density at radius 1 is 1.45 bits per heavy atom. The van der Waals surface area contributed by atoms with Gasteiger partial charge in [0.15, 0.2) is 0 Å². The first kappa shape index (κ1) is 15.8. The average Bonchev–Trinajstić information content (AvgIpc) is 2.39. The predicted octanol–water partition coefficient (Wildman–Crippen LogP) is 3.40. The van der Waals surface area contributed by atoms with Crippen molar-refractivity contribution in [3.8, 4) is 5.75 Å². The zero-order valence-corrected chi connectivity index (χ0v) is 14.3. The maximum absolute atomic E-state index is 11.3. The number of ether oxygens (including phenoxy) is 1. The standard InChI is InChI=1S/C16H24BrNO2/c1-5-20-13-6-7-15(17)14(8-13)16(19)9-12(3)18(4)10-11(16)2/h6-8,11-12,19H,5,9-10H2,1-4H3/t11-,12-,16-/m0/s1. The molecule has 4 heteroatoms. The number of hydrogen-bond acceptors (Lipinski definition) is 3. The molecule has 0 aromatic heterocycles. The molecule has 0 saturated carbocycles. The third-order valence-electron chi connectivity index (χ3n) is 4.45. The van der Waals surface area contributed by atoms with Gasteiger partial charge in [-0.1, -0.05) is 22.9 Å². The van der Waals surface area contributed by atoms with Crippen LogP contribution in [0.2, 0.25) is 0 Å². The molecule has 112 valence electrons. The second-order valence-electron chi connectivity index (χ2n) is 5.89. The van der Waals surface area contributed by atoms with Gasteiger partial charge in [-0.05, 0) is 45.5 Å². The Labute approximate surface area is 130 Å². The van der Waals surface area contributed by atoms with Gasteiger partial charge in [-0.3, -0.25) is 0 Å². The molecule has 0 bridgehead atoms. The van der Waals surface area contributed by atoms with Gasteiger partial charge in [0.2, 0.25) is 0 Å². The molecule has 1 N–H and O–H groups in total. The van der Waals surface area contributed by atoms with Crippen LogP contribution in [-0.4, -0.2) is 36.2 Å². The summed E-state index contributed by atoms with van der Waals surface area (Å²) in [5, 5.41) is 11.3. The molecule has 1 fully saturated rings. The van der Waals surface area contributed by atoms with Gasteiger partial charge in [-0.15, -0.1) is 0 Å². The number of nitrogens with zero attached hydrogens (tertiary/aromatic N) is 1. The molecule has 0 radical (unpaired) electrons. The minimum Gasteiger partial charge on any atom is -0.494 e. The van der Waals surface area contributed by atoms with Crippen molar-refractivity contribution in [2.45, 2.75) is 38.8 Å². The van der Waals surface area contributed by atoms with Crippen LogP contribution in [0.1, 0.15) is 32.8 Å². The summed E-state index contributed by atoms with van der Waals surface area (Å²) < 4.78 is 6.53. The van der Waals surface area contributed by atoms with Crippen LogP contribution in [0, 0.1) is 5.92 Å². The highest BCUT2D eigenvalue weighted by atomic mass is 79.9. The van der Waals surface area contributed by atoms with Crippen LogP contribution in [0.3, 0.4) is 0 Å². The molecule has 3 atom stereocenters. The van der Waals surface area contributed by atoms with Crippen LogP contribution >= 0.6 is 15.9 Å². The first-order valence-electron chi connectivity index (χ1n) is 7.24. The van der Waals surface area contributed by atoms with E-state index in [4.69, 9.17) is 4.74 Å².